The van der Waals surface area contributed by atoms with Gasteiger partial charge in [0.2, 0.25) is 9.84 Å². The average molecular weight is 483 g/mol. The molecule has 0 saturated carbocycles. The van der Waals surface area contributed by atoms with Gasteiger partial charge >= 0.3 is 5.69 Å². The highest BCUT2D eigenvalue weighted by molar-refractivity contribution is 7.96. The zero-order chi connectivity index (χ0) is 24.5. The number of carbonyl (C=O) groups excluding carboxylic acids is 1. The number of methoxy groups -OCH3 is 1. The summed E-state index contributed by atoms with van der Waals surface area (Å²) in [5, 5.41) is 5.18. The molecule has 0 atom stereocenters. The van der Waals surface area contributed by atoms with Crippen LogP contribution in [0.25, 0.3) is 0 Å². The number of anilines is 1. The van der Waals surface area contributed by atoms with Gasteiger partial charge in [-0.15, -0.1) is 0 Å². The molecule has 2 N–H and O–H groups in total. The van der Waals surface area contributed by atoms with E-state index in [1.165, 1.54) is 14.2 Å². The van der Waals surface area contributed by atoms with E-state index in [-0.39, 0.29) is 18.9 Å². The van der Waals surface area contributed by atoms with Gasteiger partial charge in [0, 0.05) is 19.8 Å². The van der Waals surface area contributed by atoms with E-state index in [9.17, 15) is 22.8 Å². The second-order valence-electron chi connectivity index (χ2n) is 7.59. The van der Waals surface area contributed by atoms with Crippen molar-refractivity contribution in [2.45, 2.75) is 18.0 Å². The lowest BCUT2D eigenvalue weighted by molar-refractivity contribution is -0.117. The molecule has 3 aromatic rings. The summed E-state index contributed by atoms with van der Waals surface area (Å²) in [7, 11) is -1.65. The molecule has 0 aliphatic carbocycles. The summed E-state index contributed by atoms with van der Waals surface area (Å²) in [6.45, 7) is -0.0719. The van der Waals surface area contributed by atoms with E-state index in [1.54, 1.807) is 54.6 Å². The highest BCUT2D eigenvalue weighted by atomic mass is 32.2. The van der Waals surface area contributed by atoms with Crippen LogP contribution in [0.4, 0.5) is 5.82 Å². The van der Waals surface area contributed by atoms with Crippen molar-refractivity contribution in [3.05, 3.63) is 97.7 Å². The van der Waals surface area contributed by atoms with Gasteiger partial charge in [0.05, 0.1) is 13.7 Å². The van der Waals surface area contributed by atoms with Crippen LogP contribution in [-0.4, -0.2) is 30.6 Å². The summed E-state index contributed by atoms with van der Waals surface area (Å²) in [5.41, 5.74) is -0.340. The summed E-state index contributed by atoms with van der Waals surface area (Å²) in [5.74, 6) is -0.487. The van der Waals surface area contributed by atoms with Crippen molar-refractivity contribution in [3.63, 3.8) is 0 Å². The number of hydrogen-bond donors (Lipinski definition) is 2. The smallest absolute Gasteiger partial charge is 0.332 e. The van der Waals surface area contributed by atoms with E-state index in [1.807, 2.05) is 0 Å². The van der Waals surface area contributed by atoms with Crippen LogP contribution in [0.5, 0.6) is 5.75 Å². The fourth-order valence-corrected chi connectivity index (χ4v) is 5.15. The number of fused-ring (bicyclic) bond motifs is 1. The summed E-state index contributed by atoms with van der Waals surface area (Å²) >= 11 is 0. The molecular formula is C23H22N4O6S. The first kappa shape index (κ1) is 23.1. The first-order chi connectivity index (χ1) is 16.2. The average Bonchev–Trinajstić information content (AvgIpc) is 2.83. The summed E-state index contributed by atoms with van der Waals surface area (Å²) < 4.78 is 33.7. The molecule has 1 aromatic heterocycles. The number of rotatable bonds is 6. The zero-order valence-corrected chi connectivity index (χ0v) is 19.3. The van der Waals surface area contributed by atoms with Gasteiger partial charge in [0.1, 0.15) is 11.6 Å². The fourth-order valence-electron chi connectivity index (χ4n) is 3.61. The molecule has 176 valence electrons. The molecule has 0 unspecified atom stereocenters. The van der Waals surface area contributed by atoms with E-state index in [2.05, 4.69) is 10.6 Å². The van der Waals surface area contributed by atoms with Crippen LogP contribution in [-0.2, 0) is 34.8 Å². The lowest BCUT2D eigenvalue weighted by atomic mass is 10.2. The third kappa shape index (κ3) is 4.13. The lowest BCUT2D eigenvalue weighted by Crippen LogP contribution is -2.45. The van der Waals surface area contributed by atoms with Gasteiger partial charge in [0.25, 0.3) is 11.5 Å². The Morgan fingerprint density at radius 3 is 2.47 bits per heavy atom. The van der Waals surface area contributed by atoms with Gasteiger partial charge < -0.3 is 15.4 Å². The molecule has 34 heavy (non-hydrogen) atoms. The highest BCUT2D eigenvalue weighted by Crippen LogP contribution is 2.27. The maximum Gasteiger partial charge on any atom is 0.332 e. The number of nitrogens with one attached hydrogen (secondary N) is 2. The first-order valence-electron chi connectivity index (χ1n) is 10.2. The van der Waals surface area contributed by atoms with Gasteiger partial charge in [-0.05, 0) is 23.3 Å². The second-order valence-corrected chi connectivity index (χ2v) is 9.44. The standard InChI is InChI=1S/C23H22N4O6S/c1-26-20-19(22(29)27(23(26)30)14-15-7-4-3-5-8-15)34(31,32)18(13-24-20)21(28)25-12-16-9-6-10-17(11-16)33-2/h3-11,13,24H,12,14H2,1-2H3,(H,25,28). The number of amides is 1. The summed E-state index contributed by atoms with van der Waals surface area (Å²) in [6.07, 6.45) is 0.985. The number of hydrogen-bond acceptors (Lipinski definition) is 7. The number of carbonyl (C=O) groups is 1. The van der Waals surface area contributed by atoms with Crippen molar-refractivity contribution in [1.29, 1.82) is 0 Å². The number of nitrogens with zero attached hydrogens (tertiary/aromatic N) is 2. The Morgan fingerprint density at radius 1 is 1.06 bits per heavy atom. The molecule has 1 aliphatic heterocycles. The van der Waals surface area contributed by atoms with Crippen LogP contribution < -0.4 is 26.6 Å². The minimum atomic E-state index is -4.52. The predicted octanol–water partition coefficient (Wildman–Crippen LogP) is 0.961. The van der Waals surface area contributed by atoms with Crippen LogP contribution in [0, 0.1) is 0 Å². The van der Waals surface area contributed by atoms with Gasteiger partial charge in [-0.25, -0.2) is 13.2 Å². The maximum atomic E-state index is 13.3. The van der Waals surface area contributed by atoms with Crippen LogP contribution in [0.2, 0.25) is 0 Å². The Kier molecular flexibility index (Phi) is 6.12. The molecule has 0 spiro atoms. The van der Waals surface area contributed by atoms with Gasteiger partial charge in [0.15, 0.2) is 9.80 Å². The molecule has 1 aliphatic rings. The lowest BCUT2D eigenvalue weighted by Gasteiger charge is -2.21. The SMILES string of the molecule is COc1cccc(CNC(=O)C2=CNc3c(c(=O)n(Cc4ccccc4)c(=O)n3C)S2(=O)=O)c1. The molecule has 4 rings (SSSR count). The summed E-state index contributed by atoms with van der Waals surface area (Å²) in [4.78, 5) is 37.5. The Bertz CT molecular complexity index is 1520. The molecule has 0 saturated heterocycles. The Labute approximate surface area is 195 Å². The normalized spacial score (nSPS) is 13.9. The number of benzene rings is 2. The number of sulfone groups is 1. The molecule has 11 heteroatoms. The van der Waals surface area contributed by atoms with Crippen LogP contribution >= 0.6 is 0 Å². The molecule has 1 amide bonds. The number of aromatic nitrogens is 2. The third-order valence-electron chi connectivity index (χ3n) is 5.40. The van der Waals surface area contributed by atoms with Gasteiger partial charge in [-0.2, -0.15) is 0 Å². The van der Waals surface area contributed by atoms with Crippen molar-refractivity contribution >= 4 is 21.6 Å². The topological polar surface area (TPSA) is 128 Å². The van der Waals surface area contributed by atoms with E-state index in [0.717, 1.165) is 15.3 Å². The predicted molar refractivity (Wildman–Crippen MR) is 125 cm³/mol. The van der Waals surface area contributed by atoms with Gasteiger partial charge in [-0.3, -0.25) is 18.7 Å². The third-order valence-corrected chi connectivity index (χ3v) is 7.19. The molecule has 0 fully saturated rings. The van der Waals surface area contributed by atoms with Crippen molar-refractivity contribution < 1.29 is 17.9 Å². The van der Waals surface area contributed by atoms with E-state index in [0.29, 0.717) is 16.9 Å². The molecule has 0 bridgehead atoms. The highest BCUT2D eigenvalue weighted by Gasteiger charge is 2.37. The number of ether oxygens (including phenoxy) is 1. The largest absolute Gasteiger partial charge is 0.497 e. The molecule has 10 nitrogen and oxygen atoms in total. The maximum absolute atomic E-state index is 13.3. The van der Waals surface area contributed by atoms with Crippen molar-refractivity contribution in [3.8, 4) is 5.75 Å². The Hall–Kier alpha value is -4.12. The van der Waals surface area contributed by atoms with Gasteiger partial charge in [-0.1, -0.05) is 42.5 Å². The minimum Gasteiger partial charge on any atom is -0.497 e. The first-order valence-corrected chi connectivity index (χ1v) is 11.7. The van der Waals surface area contributed by atoms with E-state index in [4.69, 9.17) is 4.74 Å². The van der Waals surface area contributed by atoms with Crippen LogP contribution in [0.1, 0.15) is 11.1 Å². The van der Waals surface area contributed by atoms with E-state index >= 15 is 0 Å². The fraction of sp³-hybridized carbons (Fsp3) is 0.174. The molecule has 2 heterocycles. The summed E-state index contributed by atoms with van der Waals surface area (Å²) in [6, 6.07) is 15.6. The van der Waals surface area contributed by atoms with Crippen molar-refractivity contribution in [2.24, 2.45) is 7.05 Å². The molecule has 2 aromatic carbocycles. The zero-order valence-electron chi connectivity index (χ0n) is 18.4. The monoisotopic (exact) mass is 482 g/mol. The van der Waals surface area contributed by atoms with Crippen LogP contribution in [0.15, 0.2) is 80.2 Å². The quantitative estimate of drug-likeness (QED) is 0.536. The Balaban J connectivity index is 1.68. The van der Waals surface area contributed by atoms with Crippen LogP contribution in [0.3, 0.4) is 0 Å². The Morgan fingerprint density at radius 2 is 1.76 bits per heavy atom. The second kappa shape index (κ2) is 9.02. The van der Waals surface area contributed by atoms with Crippen molar-refractivity contribution in [1.82, 2.24) is 14.5 Å². The molecular weight excluding hydrogens is 460 g/mol. The van der Waals surface area contributed by atoms with Crippen molar-refractivity contribution in [2.75, 3.05) is 12.4 Å². The van der Waals surface area contributed by atoms with E-state index < -0.39 is 36.8 Å². The minimum absolute atomic E-state index is 0.0429. The molecule has 0 radical (unpaired) electrons.